The van der Waals surface area contributed by atoms with E-state index in [-0.39, 0.29) is 11.8 Å². The van der Waals surface area contributed by atoms with Gasteiger partial charge in [-0.1, -0.05) is 170 Å². The molecule has 0 N–H and O–H groups in total. The average Bonchev–Trinajstić information content (AvgIpc) is 3.67. The highest BCUT2D eigenvalue weighted by Gasteiger charge is 2.33. The number of allylic oxidation sites excluding steroid dienone is 4. The quantitative estimate of drug-likeness (QED) is 0.153. The molecule has 12 rings (SSSR count). The molecule has 0 amide bonds. The topological polar surface area (TPSA) is 8.17 Å². The van der Waals surface area contributed by atoms with Gasteiger partial charge in [0.15, 0.2) is 0 Å². The normalized spacial score (nSPS) is 15.6. The number of para-hydroxylation sites is 2. The monoisotopic (exact) mass is 764 g/mol. The Hall–Kier alpha value is -7.68. The van der Waals surface area contributed by atoms with E-state index in [9.17, 15) is 0 Å². The summed E-state index contributed by atoms with van der Waals surface area (Å²) in [5.74, 6) is 0.429. The second-order valence-corrected chi connectivity index (χ2v) is 16.1. The molecule has 10 aromatic rings. The fourth-order valence-electron chi connectivity index (χ4n) is 9.97. The van der Waals surface area contributed by atoms with Crippen LogP contribution in [0.4, 0.5) is 11.4 Å². The Morgan fingerprint density at radius 3 is 2.02 bits per heavy atom. The van der Waals surface area contributed by atoms with Crippen LogP contribution in [0.3, 0.4) is 0 Å². The fraction of sp³-hybridized carbons (Fsp3) is 0.0345. The zero-order valence-electron chi connectivity index (χ0n) is 33.0. The van der Waals surface area contributed by atoms with Crippen molar-refractivity contribution in [2.24, 2.45) is 5.92 Å². The first kappa shape index (κ1) is 34.4. The van der Waals surface area contributed by atoms with Gasteiger partial charge in [-0.2, -0.15) is 0 Å². The van der Waals surface area contributed by atoms with Crippen LogP contribution in [0.5, 0.6) is 0 Å². The summed E-state index contributed by atoms with van der Waals surface area (Å²) in [5.41, 5.74) is 14.6. The molecule has 0 saturated carbocycles. The van der Waals surface area contributed by atoms with E-state index in [2.05, 4.69) is 240 Å². The number of nitrogens with zero attached hydrogens (tertiary/aromatic N) is 2. The Bertz CT molecular complexity index is 3380. The van der Waals surface area contributed by atoms with Crippen molar-refractivity contribution in [2.45, 2.75) is 5.92 Å². The van der Waals surface area contributed by atoms with Crippen LogP contribution < -0.4 is 4.90 Å². The third-order valence-corrected chi connectivity index (χ3v) is 12.7. The first-order chi connectivity index (χ1) is 29.8. The van der Waals surface area contributed by atoms with E-state index in [4.69, 9.17) is 0 Å². The van der Waals surface area contributed by atoms with Gasteiger partial charge in [-0.3, -0.25) is 0 Å². The molecule has 2 atom stereocenters. The van der Waals surface area contributed by atoms with Crippen molar-refractivity contribution in [1.82, 2.24) is 4.57 Å². The summed E-state index contributed by atoms with van der Waals surface area (Å²) in [6, 6.07) is 73.5. The SMILES string of the molecule is C1=CC2C(N(c3ccc(-c4ccc5c(ccc6ccccc65)c4)cc3)c3cccc(-c4cccc5c4c4ccccc4n5-c4ccccc4)c3)=Cc3ccccc3C2C=C1. The molecule has 2 unspecified atom stereocenters. The number of anilines is 2. The minimum atomic E-state index is 0.177. The third-order valence-electron chi connectivity index (χ3n) is 12.7. The molecule has 1 aromatic heterocycles. The van der Waals surface area contributed by atoms with Gasteiger partial charge in [-0.15, -0.1) is 0 Å². The maximum atomic E-state index is 2.50. The molecule has 2 nitrogen and oxygen atoms in total. The molecule has 2 aliphatic rings. The molecule has 2 heteroatoms. The van der Waals surface area contributed by atoms with Gasteiger partial charge in [0.1, 0.15) is 0 Å². The summed E-state index contributed by atoms with van der Waals surface area (Å²) in [7, 11) is 0. The number of hydrogen-bond donors (Lipinski definition) is 0. The summed E-state index contributed by atoms with van der Waals surface area (Å²) < 4.78 is 2.40. The maximum absolute atomic E-state index is 2.50. The Kier molecular flexibility index (Phi) is 8.02. The van der Waals surface area contributed by atoms with Crippen molar-refractivity contribution in [3.63, 3.8) is 0 Å². The predicted molar refractivity (Wildman–Crippen MR) is 254 cm³/mol. The first-order valence-corrected chi connectivity index (χ1v) is 20.9. The lowest BCUT2D eigenvalue weighted by Gasteiger charge is -2.39. The van der Waals surface area contributed by atoms with Crippen molar-refractivity contribution >= 4 is 60.8 Å². The molecule has 60 heavy (non-hydrogen) atoms. The van der Waals surface area contributed by atoms with E-state index in [0.29, 0.717) is 0 Å². The van der Waals surface area contributed by atoms with Gasteiger partial charge < -0.3 is 9.47 Å². The summed E-state index contributed by atoms with van der Waals surface area (Å²) in [6.45, 7) is 0. The number of aromatic nitrogens is 1. The van der Waals surface area contributed by atoms with Gasteiger partial charge >= 0.3 is 0 Å². The molecule has 1 heterocycles. The van der Waals surface area contributed by atoms with Crippen LogP contribution in [0.15, 0.2) is 230 Å². The van der Waals surface area contributed by atoms with Crippen LogP contribution in [0.2, 0.25) is 0 Å². The van der Waals surface area contributed by atoms with Crippen LogP contribution in [-0.4, -0.2) is 4.57 Å². The summed E-state index contributed by atoms with van der Waals surface area (Å²) >= 11 is 0. The van der Waals surface area contributed by atoms with Gasteiger partial charge in [-0.25, -0.2) is 0 Å². The van der Waals surface area contributed by atoms with Gasteiger partial charge in [0.2, 0.25) is 0 Å². The highest BCUT2D eigenvalue weighted by atomic mass is 15.2. The van der Waals surface area contributed by atoms with E-state index in [1.165, 1.54) is 82.4 Å². The van der Waals surface area contributed by atoms with E-state index >= 15 is 0 Å². The van der Waals surface area contributed by atoms with Crippen LogP contribution >= 0.6 is 0 Å². The van der Waals surface area contributed by atoms with Crippen LogP contribution in [0, 0.1) is 5.92 Å². The molecule has 0 fully saturated rings. The largest absolute Gasteiger partial charge is 0.314 e. The second-order valence-electron chi connectivity index (χ2n) is 16.1. The standard InChI is InChI=1S/C58H40N2/c1-2-17-45(18-3-1)60-55-26-11-10-24-54(55)58-51(25-13-27-56(58)60)42-16-12-19-47(37-42)59(57-38-43-15-5-7-21-49(43)52-22-8-9-23-53(52)57)46-33-30-39(31-34-46)41-32-35-50-44(36-41)29-28-40-14-4-6-20-48(40)50/h1-38,52-53H. The molecule has 0 radical (unpaired) electrons. The van der Waals surface area contributed by atoms with E-state index in [1.54, 1.807) is 0 Å². The van der Waals surface area contributed by atoms with E-state index in [0.717, 1.165) is 17.1 Å². The lowest BCUT2D eigenvalue weighted by atomic mass is 9.74. The molecule has 0 aliphatic heterocycles. The Morgan fingerprint density at radius 2 is 1.12 bits per heavy atom. The Balaban J connectivity index is 1.02. The average molecular weight is 765 g/mol. The zero-order chi connectivity index (χ0) is 39.6. The Morgan fingerprint density at radius 1 is 0.417 bits per heavy atom. The first-order valence-electron chi connectivity index (χ1n) is 20.9. The molecular formula is C58H40N2. The zero-order valence-corrected chi connectivity index (χ0v) is 33.0. The smallest absolute Gasteiger partial charge is 0.0547 e. The van der Waals surface area contributed by atoms with Crippen LogP contribution in [0.25, 0.3) is 77.4 Å². The second kappa shape index (κ2) is 14.0. The maximum Gasteiger partial charge on any atom is 0.0547 e. The number of rotatable bonds is 6. The number of hydrogen-bond acceptors (Lipinski definition) is 1. The summed E-state index contributed by atoms with van der Waals surface area (Å²) in [6.07, 6.45) is 11.6. The third kappa shape index (κ3) is 5.56. The summed E-state index contributed by atoms with van der Waals surface area (Å²) in [5, 5.41) is 7.62. The summed E-state index contributed by atoms with van der Waals surface area (Å²) in [4.78, 5) is 2.50. The molecular weight excluding hydrogens is 725 g/mol. The fourth-order valence-corrected chi connectivity index (χ4v) is 9.97. The highest BCUT2D eigenvalue weighted by Crippen LogP contribution is 2.48. The van der Waals surface area contributed by atoms with Crippen molar-refractivity contribution in [3.05, 3.63) is 241 Å². The molecule has 0 bridgehead atoms. The van der Waals surface area contributed by atoms with Gasteiger partial charge in [-0.05, 0) is 116 Å². The predicted octanol–water partition coefficient (Wildman–Crippen LogP) is 15.4. The van der Waals surface area contributed by atoms with Crippen molar-refractivity contribution in [1.29, 1.82) is 0 Å². The van der Waals surface area contributed by atoms with Crippen LogP contribution in [0.1, 0.15) is 17.0 Å². The Labute approximate surface area is 349 Å². The minimum absolute atomic E-state index is 0.177. The highest BCUT2D eigenvalue weighted by molar-refractivity contribution is 6.16. The van der Waals surface area contributed by atoms with Gasteiger partial charge in [0.25, 0.3) is 0 Å². The van der Waals surface area contributed by atoms with Crippen molar-refractivity contribution < 1.29 is 0 Å². The molecule has 9 aromatic carbocycles. The number of fused-ring (bicyclic) bond motifs is 9. The molecule has 282 valence electrons. The molecule has 2 aliphatic carbocycles. The van der Waals surface area contributed by atoms with Crippen LogP contribution in [-0.2, 0) is 0 Å². The lowest BCUT2D eigenvalue weighted by molar-refractivity contribution is 0.643. The number of benzene rings is 9. The molecule has 0 spiro atoms. The molecule has 0 saturated heterocycles. The minimum Gasteiger partial charge on any atom is -0.314 e. The van der Waals surface area contributed by atoms with Gasteiger partial charge in [0, 0.05) is 45.4 Å². The lowest BCUT2D eigenvalue weighted by Crippen LogP contribution is -2.28. The van der Waals surface area contributed by atoms with E-state index in [1.807, 2.05) is 0 Å². The van der Waals surface area contributed by atoms with E-state index < -0.39 is 0 Å². The van der Waals surface area contributed by atoms with Gasteiger partial charge in [0.05, 0.1) is 11.0 Å². The van der Waals surface area contributed by atoms with Crippen molar-refractivity contribution in [2.75, 3.05) is 4.90 Å². The van der Waals surface area contributed by atoms with Crippen molar-refractivity contribution in [3.8, 4) is 27.9 Å².